The van der Waals surface area contributed by atoms with Crippen molar-refractivity contribution in [3.05, 3.63) is 63.6 Å². The number of nitrogens with zero attached hydrogens (tertiary/aromatic N) is 2. The number of benzene rings is 2. The lowest BCUT2D eigenvalue weighted by molar-refractivity contribution is -0.140. The molecule has 1 unspecified atom stereocenters. The predicted molar refractivity (Wildman–Crippen MR) is 133 cm³/mol. The number of sulfonamides is 1. The summed E-state index contributed by atoms with van der Waals surface area (Å²) in [6.45, 7) is 3.34. The largest absolute Gasteiger partial charge is 0.357 e. The molecular formula is C23H29Cl2N3O4S. The Hall–Kier alpha value is -2.29. The van der Waals surface area contributed by atoms with Gasteiger partial charge in [-0.1, -0.05) is 55.2 Å². The van der Waals surface area contributed by atoms with Crippen LogP contribution in [0.4, 0.5) is 5.69 Å². The van der Waals surface area contributed by atoms with E-state index in [-0.39, 0.29) is 12.5 Å². The number of carbonyl (C=O) groups is 2. The summed E-state index contributed by atoms with van der Waals surface area (Å²) in [7, 11) is -2.28. The van der Waals surface area contributed by atoms with Crippen molar-refractivity contribution in [1.29, 1.82) is 0 Å². The molecule has 1 atom stereocenters. The Morgan fingerprint density at radius 1 is 1.06 bits per heavy atom. The van der Waals surface area contributed by atoms with Gasteiger partial charge in [0.2, 0.25) is 21.8 Å². The monoisotopic (exact) mass is 513 g/mol. The molecule has 2 aromatic rings. The number of amides is 2. The molecule has 0 aliphatic heterocycles. The Morgan fingerprint density at radius 2 is 1.70 bits per heavy atom. The third-order valence-corrected chi connectivity index (χ3v) is 7.03. The number of rotatable bonds is 10. The van der Waals surface area contributed by atoms with E-state index in [9.17, 15) is 18.0 Å². The smallest absolute Gasteiger partial charge is 0.244 e. The summed E-state index contributed by atoms with van der Waals surface area (Å²) >= 11 is 12.3. The molecule has 0 aromatic heterocycles. The van der Waals surface area contributed by atoms with E-state index in [0.717, 1.165) is 22.5 Å². The maximum atomic E-state index is 13.5. The highest BCUT2D eigenvalue weighted by Crippen LogP contribution is 2.25. The van der Waals surface area contributed by atoms with Gasteiger partial charge in [0.15, 0.2) is 0 Å². The van der Waals surface area contributed by atoms with Crippen molar-refractivity contribution >= 4 is 50.7 Å². The van der Waals surface area contributed by atoms with Gasteiger partial charge in [0, 0.05) is 23.6 Å². The van der Waals surface area contributed by atoms with Crippen molar-refractivity contribution in [2.24, 2.45) is 0 Å². The molecule has 1 N–H and O–H groups in total. The van der Waals surface area contributed by atoms with Gasteiger partial charge in [-0.15, -0.1) is 0 Å². The molecule has 2 aromatic carbocycles. The van der Waals surface area contributed by atoms with E-state index in [1.807, 2.05) is 19.1 Å². The van der Waals surface area contributed by atoms with E-state index >= 15 is 0 Å². The fourth-order valence-corrected chi connectivity index (χ4v) is 4.75. The summed E-state index contributed by atoms with van der Waals surface area (Å²) < 4.78 is 26.2. The molecule has 180 valence electrons. The van der Waals surface area contributed by atoms with Crippen molar-refractivity contribution in [2.75, 3.05) is 24.2 Å². The van der Waals surface area contributed by atoms with Gasteiger partial charge in [0.1, 0.15) is 12.6 Å². The van der Waals surface area contributed by atoms with E-state index < -0.39 is 28.5 Å². The van der Waals surface area contributed by atoms with Crippen LogP contribution >= 0.6 is 23.2 Å². The van der Waals surface area contributed by atoms with E-state index in [0.29, 0.717) is 27.7 Å². The van der Waals surface area contributed by atoms with Crippen molar-refractivity contribution < 1.29 is 18.0 Å². The second-order valence-electron chi connectivity index (χ2n) is 7.59. The lowest BCUT2D eigenvalue weighted by atomic mass is 10.1. The van der Waals surface area contributed by atoms with Crippen LogP contribution in [0.2, 0.25) is 10.0 Å². The molecule has 0 saturated heterocycles. The van der Waals surface area contributed by atoms with Crippen molar-refractivity contribution in [3.8, 4) is 0 Å². The van der Waals surface area contributed by atoms with Gasteiger partial charge in [-0.05, 0) is 48.2 Å². The Morgan fingerprint density at radius 3 is 2.18 bits per heavy atom. The highest BCUT2D eigenvalue weighted by atomic mass is 35.5. The molecule has 0 fully saturated rings. The minimum absolute atomic E-state index is 0.0210. The normalized spacial score (nSPS) is 12.2. The first-order chi connectivity index (χ1) is 15.5. The highest BCUT2D eigenvalue weighted by Gasteiger charge is 2.31. The van der Waals surface area contributed by atoms with Gasteiger partial charge < -0.3 is 10.2 Å². The zero-order valence-electron chi connectivity index (χ0n) is 19.1. The van der Waals surface area contributed by atoms with Crippen LogP contribution in [-0.2, 0) is 32.6 Å². The van der Waals surface area contributed by atoms with Crippen LogP contribution in [0.3, 0.4) is 0 Å². The maximum absolute atomic E-state index is 13.5. The van der Waals surface area contributed by atoms with Crippen molar-refractivity contribution in [3.63, 3.8) is 0 Å². The number of aryl methyl sites for hydroxylation is 1. The Labute approximate surface area is 205 Å². The third-order valence-electron chi connectivity index (χ3n) is 5.30. The molecule has 0 heterocycles. The molecular weight excluding hydrogens is 485 g/mol. The number of nitrogens with one attached hydrogen (secondary N) is 1. The summed E-state index contributed by atoms with van der Waals surface area (Å²) in [5.74, 6) is -0.879. The molecule has 7 nitrogen and oxygen atoms in total. The molecule has 0 spiro atoms. The second-order valence-corrected chi connectivity index (χ2v) is 10.3. The van der Waals surface area contributed by atoms with Crippen LogP contribution in [0.15, 0.2) is 42.5 Å². The Kier molecular flexibility index (Phi) is 9.57. The Bertz CT molecular complexity index is 1090. The van der Waals surface area contributed by atoms with Crippen LogP contribution in [0.1, 0.15) is 31.4 Å². The Balaban J connectivity index is 2.44. The maximum Gasteiger partial charge on any atom is 0.244 e. The third kappa shape index (κ3) is 7.09. The number of carbonyl (C=O) groups excluding carboxylic acids is 2. The molecule has 0 radical (unpaired) electrons. The SMILES string of the molecule is CCc1ccc(N(CC(=O)N(Cc2ccc(Cl)cc2Cl)C(CC)C(=O)NC)S(C)(=O)=O)cc1. The zero-order chi connectivity index (χ0) is 24.8. The molecule has 33 heavy (non-hydrogen) atoms. The topological polar surface area (TPSA) is 86.8 Å². The number of anilines is 1. The molecule has 10 heteroatoms. The van der Waals surface area contributed by atoms with Gasteiger partial charge in [-0.3, -0.25) is 13.9 Å². The summed E-state index contributed by atoms with van der Waals surface area (Å²) in [5.41, 5.74) is 2.01. The van der Waals surface area contributed by atoms with Crippen LogP contribution < -0.4 is 9.62 Å². The summed E-state index contributed by atoms with van der Waals surface area (Å²) in [4.78, 5) is 27.4. The standard InChI is InChI=1S/C23H29Cl2N3O4S/c1-5-16-7-11-19(12-8-16)28(33(4,31)32)15-22(29)27(21(6-2)23(30)26-3)14-17-9-10-18(24)13-20(17)25/h7-13,21H,5-6,14-15H2,1-4H3,(H,26,30). The number of halogens is 2. The minimum Gasteiger partial charge on any atom is -0.357 e. The summed E-state index contributed by atoms with van der Waals surface area (Å²) in [6.07, 6.45) is 2.18. The molecule has 0 aliphatic rings. The van der Waals surface area contributed by atoms with Gasteiger partial charge in [0.05, 0.1) is 11.9 Å². The first-order valence-electron chi connectivity index (χ1n) is 10.5. The van der Waals surface area contributed by atoms with E-state index in [2.05, 4.69) is 5.32 Å². The quantitative estimate of drug-likeness (QED) is 0.522. The fraction of sp³-hybridized carbons (Fsp3) is 0.391. The molecule has 0 aliphatic carbocycles. The molecule has 2 amide bonds. The minimum atomic E-state index is -3.77. The van der Waals surface area contributed by atoms with Gasteiger partial charge >= 0.3 is 0 Å². The van der Waals surface area contributed by atoms with Crippen LogP contribution in [0.25, 0.3) is 0 Å². The van der Waals surface area contributed by atoms with Crippen LogP contribution in [0, 0.1) is 0 Å². The van der Waals surface area contributed by atoms with Gasteiger partial charge in [-0.2, -0.15) is 0 Å². The molecule has 2 rings (SSSR count). The van der Waals surface area contributed by atoms with Crippen LogP contribution in [0.5, 0.6) is 0 Å². The molecule has 0 saturated carbocycles. The lowest BCUT2D eigenvalue weighted by Crippen LogP contribution is -2.51. The van der Waals surface area contributed by atoms with E-state index in [1.54, 1.807) is 37.3 Å². The highest BCUT2D eigenvalue weighted by molar-refractivity contribution is 7.92. The van der Waals surface area contributed by atoms with Gasteiger partial charge in [0.25, 0.3) is 0 Å². The fourth-order valence-electron chi connectivity index (χ4n) is 3.43. The first kappa shape index (κ1) is 27.0. The number of hydrogen-bond acceptors (Lipinski definition) is 4. The average molecular weight is 514 g/mol. The zero-order valence-corrected chi connectivity index (χ0v) is 21.5. The summed E-state index contributed by atoms with van der Waals surface area (Å²) in [6, 6.07) is 11.1. The van der Waals surface area contributed by atoms with Crippen molar-refractivity contribution in [1.82, 2.24) is 10.2 Å². The molecule has 0 bridgehead atoms. The van der Waals surface area contributed by atoms with Crippen molar-refractivity contribution in [2.45, 2.75) is 39.3 Å². The van der Waals surface area contributed by atoms with E-state index in [1.165, 1.54) is 11.9 Å². The van der Waals surface area contributed by atoms with Crippen LogP contribution in [-0.4, -0.2) is 51.0 Å². The lowest BCUT2D eigenvalue weighted by Gasteiger charge is -2.32. The summed E-state index contributed by atoms with van der Waals surface area (Å²) in [5, 5.41) is 3.36. The van der Waals surface area contributed by atoms with Gasteiger partial charge in [-0.25, -0.2) is 8.42 Å². The number of likely N-dealkylation sites (N-methyl/N-ethyl adjacent to an activating group) is 1. The first-order valence-corrected chi connectivity index (χ1v) is 13.1. The van der Waals surface area contributed by atoms with E-state index in [4.69, 9.17) is 23.2 Å². The second kappa shape index (κ2) is 11.7. The average Bonchev–Trinajstić information content (AvgIpc) is 2.77. The predicted octanol–water partition coefficient (Wildman–Crippen LogP) is 3.88. The number of hydrogen-bond donors (Lipinski definition) is 1.